The highest BCUT2D eigenvalue weighted by Gasteiger charge is 2.29. The van der Waals surface area contributed by atoms with E-state index in [1.165, 1.54) is 0 Å². The monoisotopic (exact) mass is 344 g/mol. The van der Waals surface area contributed by atoms with Gasteiger partial charge in [-0.1, -0.05) is 30.7 Å². The third kappa shape index (κ3) is 4.06. The van der Waals surface area contributed by atoms with Crippen LogP contribution >= 0.6 is 11.6 Å². The van der Waals surface area contributed by atoms with Gasteiger partial charge in [-0.2, -0.15) is 0 Å². The fraction of sp³-hybridized carbons (Fsp3) is 0.368. The molecule has 3 rings (SSSR count). The largest absolute Gasteiger partial charge is 0.487 e. The molecular formula is C19H21ClN2O2. The van der Waals surface area contributed by atoms with Gasteiger partial charge in [-0.15, -0.1) is 0 Å². The van der Waals surface area contributed by atoms with Gasteiger partial charge in [0.1, 0.15) is 23.5 Å². The first kappa shape index (κ1) is 16.8. The minimum Gasteiger partial charge on any atom is -0.487 e. The number of halogens is 1. The van der Waals surface area contributed by atoms with Gasteiger partial charge < -0.3 is 14.4 Å². The van der Waals surface area contributed by atoms with Crippen molar-refractivity contribution in [1.82, 2.24) is 4.98 Å². The lowest BCUT2D eigenvalue weighted by atomic mass is 9.96. The Hall–Kier alpha value is -2.07. The summed E-state index contributed by atoms with van der Waals surface area (Å²) < 4.78 is 5.98. The Bertz CT molecular complexity index is 712. The van der Waals surface area contributed by atoms with Crippen LogP contribution in [0.15, 0.2) is 42.6 Å². The molecule has 0 saturated carbocycles. The van der Waals surface area contributed by atoms with Crippen molar-refractivity contribution in [2.45, 2.75) is 32.3 Å². The molecule has 0 radical (unpaired) electrons. The molecule has 2 heterocycles. The molecule has 0 spiro atoms. The lowest BCUT2D eigenvalue weighted by Gasteiger charge is -2.39. The van der Waals surface area contributed by atoms with Crippen LogP contribution in [0.5, 0.6) is 5.75 Å². The first-order chi connectivity index (χ1) is 11.5. The summed E-state index contributed by atoms with van der Waals surface area (Å²) in [6, 6.07) is 11.7. The van der Waals surface area contributed by atoms with E-state index in [0.29, 0.717) is 11.4 Å². The van der Waals surface area contributed by atoms with Crippen molar-refractivity contribution in [3.05, 3.63) is 53.2 Å². The van der Waals surface area contributed by atoms with Gasteiger partial charge in [-0.25, -0.2) is 4.98 Å². The molecule has 1 atom stereocenters. The van der Waals surface area contributed by atoms with Crippen LogP contribution in [0.2, 0.25) is 5.02 Å². The molecule has 24 heavy (non-hydrogen) atoms. The topological polar surface area (TPSA) is 42.4 Å². The molecule has 0 N–H and O–H groups in total. The Morgan fingerprint density at radius 2 is 2.04 bits per heavy atom. The first-order valence-corrected chi connectivity index (χ1v) is 8.51. The third-order valence-electron chi connectivity index (χ3n) is 4.23. The highest BCUT2D eigenvalue weighted by molar-refractivity contribution is 6.30. The second-order valence-corrected chi connectivity index (χ2v) is 6.79. The average Bonchev–Trinajstić information content (AvgIpc) is 2.50. The van der Waals surface area contributed by atoms with E-state index in [4.69, 9.17) is 16.3 Å². The highest BCUT2D eigenvalue weighted by Crippen LogP contribution is 2.26. The lowest BCUT2D eigenvalue weighted by molar-refractivity contribution is -0.117. The van der Waals surface area contributed by atoms with Crippen molar-refractivity contribution in [1.29, 1.82) is 0 Å². The van der Waals surface area contributed by atoms with E-state index in [0.717, 1.165) is 30.2 Å². The first-order valence-electron chi connectivity index (χ1n) is 8.14. The Morgan fingerprint density at radius 1 is 1.33 bits per heavy atom. The number of carbonyl (C=O) groups is 1. The zero-order valence-electron chi connectivity index (χ0n) is 13.9. The lowest BCUT2D eigenvalue weighted by Crippen LogP contribution is -2.54. The minimum atomic E-state index is 0.159. The number of anilines is 1. The molecule has 126 valence electrons. The fourth-order valence-electron chi connectivity index (χ4n) is 2.88. The molecule has 2 aromatic rings. The molecule has 1 saturated heterocycles. The quantitative estimate of drug-likeness (QED) is 0.791. The fourth-order valence-corrected chi connectivity index (χ4v) is 3.04. The van der Waals surface area contributed by atoms with Crippen LogP contribution < -0.4 is 9.64 Å². The van der Waals surface area contributed by atoms with E-state index in [1.54, 1.807) is 19.2 Å². The predicted octanol–water partition coefficient (Wildman–Crippen LogP) is 4.09. The van der Waals surface area contributed by atoms with Gasteiger partial charge in [-0.05, 0) is 42.7 Å². The molecule has 1 aromatic carbocycles. The number of Topliss-reactive ketones (excluding diaryl/α,β-unsaturated/α-hetero) is 1. The molecule has 5 heteroatoms. The van der Waals surface area contributed by atoms with Crippen LogP contribution in [0.25, 0.3) is 0 Å². The molecule has 1 aromatic heterocycles. The number of hydrogen-bond donors (Lipinski definition) is 0. The summed E-state index contributed by atoms with van der Waals surface area (Å²) in [5.74, 6) is 2.20. The molecule has 0 bridgehead atoms. The Balaban J connectivity index is 1.52. The Kier molecular flexibility index (Phi) is 5.05. The summed E-state index contributed by atoms with van der Waals surface area (Å²) >= 11 is 5.99. The van der Waals surface area contributed by atoms with Gasteiger partial charge >= 0.3 is 0 Å². The minimum absolute atomic E-state index is 0.159. The van der Waals surface area contributed by atoms with Gasteiger partial charge in [0, 0.05) is 17.6 Å². The van der Waals surface area contributed by atoms with Gasteiger partial charge in [-0.3, -0.25) is 0 Å². The van der Waals surface area contributed by atoms with Crippen LogP contribution in [0, 0.1) is 0 Å². The normalized spacial score (nSPS) is 15.7. The van der Waals surface area contributed by atoms with E-state index < -0.39 is 0 Å². The summed E-state index contributed by atoms with van der Waals surface area (Å²) in [4.78, 5) is 17.7. The maximum Gasteiger partial charge on any atom is 0.134 e. The van der Waals surface area contributed by atoms with Crippen molar-refractivity contribution >= 4 is 23.2 Å². The molecule has 1 aliphatic rings. The van der Waals surface area contributed by atoms with Crippen LogP contribution in [0.1, 0.15) is 31.7 Å². The summed E-state index contributed by atoms with van der Waals surface area (Å²) in [7, 11) is 0. The number of hydrogen-bond acceptors (Lipinski definition) is 4. The van der Waals surface area contributed by atoms with E-state index in [2.05, 4.69) is 16.8 Å². The standard InChI is InChI=1S/C19H21ClN2O2/c1-13(9-14(2)23)15-3-5-17(6-4-15)24-18-11-22(12-18)19-10-16(20)7-8-21-19/h3-8,10,13,18H,9,11-12H2,1-2H3/t13-/m1/s1. The van der Waals surface area contributed by atoms with Crippen LogP contribution in [0.3, 0.4) is 0 Å². The summed E-state index contributed by atoms with van der Waals surface area (Å²) in [5, 5.41) is 0.694. The maximum absolute atomic E-state index is 11.2. The van der Waals surface area contributed by atoms with Gasteiger partial charge in [0.05, 0.1) is 13.1 Å². The Morgan fingerprint density at radius 3 is 2.67 bits per heavy atom. The third-order valence-corrected chi connectivity index (χ3v) is 4.46. The van der Waals surface area contributed by atoms with Crippen LogP contribution in [0.4, 0.5) is 5.82 Å². The van der Waals surface area contributed by atoms with Crippen molar-refractivity contribution in [3.63, 3.8) is 0 Å². The second-order valence-electron chi connectivity index (χ2n) is 6.35. The molecule has 0 amide bonds. The maximum atomic E-state index is 11.2. The summed E-state index contributed by atoms with van der Waals surface area (Å²) in [6.07, 6.45) is 2.45. The van der Waals surface area contributed by atoms with E-state index >= 15 is 0 Å². The molecular weight excluding hydrogens is 324 g/mol. The number of benzene rings is 1. The number of rotatable bonds is 6. The molecule has 1 aliphatic heterocycles. The summed E-state index contributed by atoms with van der Waals surface area (Å²) in [5.41, 5.74) is 1.16. The molecule has 0 unspecified atom stereocenters. The second kappa shape index (κ2) is 7.22. The van der Waals surface area contributed by atoms with Crippen LogP contribution in [-0.2, 0) is 4.79 Å². The van der Waals surface area contributed by atoms with E-state index in [9.17, 15) is 4.79 Å². The van der Waals surface area contributed by atoms with Crippen molar-refractivity contribution in [3.8, 4) is 5.75 Å². The SMILES string of the molecule is CC(=O)C[C@@H](C)c1ccc(OC2CN(c3cc(Cl)ccn3)C2)cc1. The van der Waals surface area contributed by atoms with E-state index in [-0.39, 0.29) is 17.8 Å². The number of aromatic nitrogens is 1. The Labute approximate surface area is 147 Å². The summed E-state index contributed by atoms with van der Waals surface area (Å²) in [6.45, 7) is 5.30. The number of nitrogens with zero attached hydrogens (tertiary/aromatic N) is 2. The van der Waals surface area contributed by atoms with Crippen molar-refractivity contribution < 1.29 is 9.53 Å². The number of carbonyl (C=O) groups excluding carboxylic acids is 1. The zero-order valence-corrected chi connectivity index (χ0v) is 14.7. The van der Waals surface area contributed by atoms with Gasteiger partial charge in [0.2, 0.25) is 0 Å². The molecule has 0 aliphatic carbocycles. The van der Waals surface area contributed by atoms with Gasteiger partial charge in [0.25, 0.3) is 0 Å². The average molecular weight is 345 g/mol. The zero-order chi connectivity index (χ0) is 17.1. The van der Waals surface area contributed by atoms with Crippen molar-refractivity contribution in [2.24, 2.45) is 0 Å². The smallest absolute Gasteiger partial charge is 0.134 e. The number of ketones is 1. The van der Waals surface area contributed by atoms with Gasteiger partial charge in [0.15, 0.2) is 0 Å². The van der Waals surface area contributed by atoms with E-state index in [1.807, 2.05) is 30.3 Å². The predicted molar refractivity (Wildman–Crippen MR) is 96.0 cm³/mol. The molecule has 4 nitrogen and oxygen atoms in total. The number of ether oxygens (including phenoxy) is 1. The number of pyridine rings is 1. The highest BCUT2D eigenvalue weighted by atomic mass is 35.5. The van der Waals surface area contributed by atoms with Crippen LogP contribution in [-0.4, -0.2) is 30.0 Å². The van der Waals surface area contributed by atoms with Crippen molar-refractivity contribution in [2.75, 3.05) is 18.0 Å². The molecule has 1 fully saturated rings.